The highest BCUT2D eigenvalue weighted by Gasteiger charge is 2.19. The number of nitrogens with one attached hydrogen (secondary N) is 1. The van der Waals surface area contributed by atoms with Crippen LogP contribution in [0.5, 0.6) is 0 Å². The van der Waals surface area contributed by atoms with Crippen LogP contribution in [0.3, 0.4) is 0 Å². The van der Waals surface area contributed by atoms with Gasteiger partial charge in [0.05, 0.1) is 10.5 Å². The Kier molecular flexibility index (Phi) is 6.89. The Hall–Kier alpha value is -2.71. The van der Waals surface area contributed by atoms with Crippen molar-refractivity contribution in [3.05, 3.63) is 65.2 Å². The highest BCUT2D eigenvalue weighted by molar-refractivity contribution is 7.89. The number of rotatable bonds is 7. The third-order valence-electron chi connectivity index (χ3n) is 4.76. The van der Waals surface area contributed by atoms with Crippen molar-refractivity contribution in [1.82, 2.24) is 9.62 Å². The number of sulfonamides is 1. The average Bonchev–Trinajstić information content (AvgIpc) is 3.26. The number of esters is 1. The second kappa shape index (κ2) is 9.40. The molecule has 1 N–H and O–H groups in total. The molecule has 2 aromatic carbocycles. The Morgan fingerprint density at radius 1 is 0.967 bits per heavy atom. The molecule has 1 fully saturated rings. The van der Waals surface area contributed by atoms with Crippen molar-refractivity contribution in [3.63, 3.8) is 0 Å². The Labute approximate surface area is 177 Å². The molecule has 0 unspecified atom stereocenters. The molecule has 30 heavy (non-hydrogen) atoms. The SMILES string of the molecule is CC(C)NS(=O)(=O)c1ccc(C(=O)OCc2ccc(C(=O)N3CCCC3)cc2)cc1. The van der Waals surface area contributed by atoms with Crippen LogP contribution in [-0.4, -0.2) is 44.3 Å². The van der Waals surface area contributed by atoms with E-state index in [-0.39, 0.29) is 29.0 Å². The van der Waals surface area contributed by atoms with Gasteiger partial charge in [-0.2, -0.15) is 0 Å². The Bertz CT molecular complexity index is 993. The van der Waals surface area contributed by atoms with Crippen molar-refractivity contribution in [2.75, 3.05) is 13.1 Å². The largest absolute Gasteiger partial charge is 0.457 e. The first-order valence-electron chi connectivity index (χ1n) is 9.94. The number of amides is 1. The molecule has 0 atom stereocenters. The van der Waals surface area contributed by atoms with E-state index >= 15 is 0 Å². The van der Waals surface area contributed by atoms with Crippen LogP contribution in [0.4, 0.5) is 0 Å². The lowest BCUT2D eigenvalue weighted by atomic mass is 10.1. The lowest BCUT2D eigenvalue weighted by Gasteiger charge is -2.15. The molecule has 1 heterocycles. The molecule has 1 aliphatic heterocycles. The van der Waals surface area contributed by atoms with Crippen LogP contribution in [0, 0.1) is 0 Å². The van der Waals surface area contributed by atoms with Gasteiger partial charge >= 0.3 is 5.97 Å². The molecule has 160 valence electrons. The normalized spacial score (nSPS) is 14.2. The summed E-state index contributed by atoms with van der Waals surface area (Å²) >= 11 is 0. The topological polar surface area (TPSA) is 92.8 Å². The number of benzene rings is 2. The predicted molar refractivity (Wildman–Crippen MR) is 113 cm³/mol. The summed E-state index contributed by atoms with van der Waals surface area (Å²) in [6, 6.07) is 12.4. The molecule has 1 amide bonds. The third kappa shape index (κ3) is 5.46. The molecule has 1 saturated heterocycles. The first kappa shape index (κ1) is 22.0. The van der Waals surface area contributed by atoms with E-state index in [1.54, 1.807) is 38.1 Å². The van der Waals surface area contributed by atoms with Crippen LogP contribution in [0.2, 0.25) is 0 Å². The van der Waals surface area contributed by atoms with Crippen LogP contribution >= 0.6 is 0 Å². The summed E-state index contributed by atoms with van der Waals surface area (Å²) in [5, 5.41) is 0. The molecule has 3 rings (SSSR count). The first-order valence-corrected chi connectivity index (χ1v) is 11.4. The molecular formula is C22H26N2O5S. The molecule has 1 aliphatic rings. The van der Waals surface area contributed by atoms with E-state index in [0.717, 1.165) is 31.5 Å². The summed E-state index contributed by atoms with van der Waals surface area (Å²) in [6.07, 6.45) is 2.09. The zero-order valence-corrected chi connectivity index (χ0v) is 17.9. The number of carbonyl (C=O) groups is 2. The van der Waals surface area contributed by atoms with E-state index in [4.69, 9.17) is 4.74 Å². The van der Waals surface area contributed by atoms with Gasteiger partial charge in [-0.15, -0.1) is 0 Å². The van der Waals surface area contributed by atoms with E-state index in [1.165, 1.54) is 24.3 Å². The number of likely N-dealkylation sites (tertiary alicyclic amines) is 1. The standard InChI is InChI=1S/C22H26N2O5S/c1-16(2)23-30(27,28)20-11-9-19(10-12-20)22(26)29-15-17-5-7-18(8-6-17)21(25)24-13-3-4-14-24/h5-12,16,23H,3-4,13-15H2,1-2H3. The fraction of sp³-hybridized carbons (Fsp3) is 0.364. The minimum absolute atomic E-state index is 0.0260. The van der Waals surface area contributed by atoms with Gasteiger partial charge in [0.25, 0.3) is 5.91 Å². The predicted octanol–water partition coefficient (Wildman–Crippen LogP) is 2.97. The molecule has 2 aromatic rings. The van der Waals surface area contributed by atoms with E-state index in [0.29, 0.717) is 5.56 Å². The lowest BCUT2D eigenvalue weighted by Crippen LogP contribution is -2.30. The fourth-order valence-electron chi connectivity index (χ4n) is 3.23. The summed E-state index contributed by atoms with van der Waals surface area (Å²) in [4.78, 5) is 26.5. The second-order valence-corrected chi connectivity index (χ2v) is 9.29. The Morgan fingerprint density at radius 2 is 1.53 bits per heavy atom. The zero-order chi connectivity index (χ0) is 21.7. The van der Waals surface area contributed by atoms with Crippen molar-refractivity contribution < 1.29 is 22.7 Å². The molecule has 0 saturated carbocycles. The second-order valence-electron chi connectivity index (χ2n) is 7.57. The number of hydrogen-bond acceptors (Lipinski definition) is 5. The van der Waals surface area contributed by atoms with Crippen molar-refractivity contribution >= 4 is 21.9 Å². The van der Waals surface area contributed by atoms with Crippen molar-refractivity contribution in [1.29, 1.82) is 0 Å². The average molecular weight is 431 g/mol. The summed E-state index contributed by atoms with van der Waals surface area (Å²) in [5.74, 6) is -0.522. The smallest absolute Gasteiger partial charge is 0.338 e. The number of ether oxygens (including phenoxy) is 1. The van der Waals surface area contributed by atoms with Crippen LogP contribution in [-0.2, 0) is 21.4 Å². The van der Waals surface area contributed by atoms with Gasteiger partial charge in [0.2, 0.25) is 10.0 Å². The Morgan fingerprint density at radius 3 is 2.10 bits per heavy atom. The molecule has 0 bridgehead atoms. The quantitative estimate of drug-likeness (QED) is 0.682. The minimum Gasteiger partial charge on any atom is -0.457 e. The summed E-state index contributed by atoms with van der Waals surface area (Å²) < 4.78 is 32.1. The van der Waals surface area contributed by atoms with E-state index in [1.807, 2.05) is 4.90 Å². The maximum absolute atomic E-state index is 12.4. The van der Waals surface area contributed by atoms with Gasteiger partial charge in [0.1, 0.15) is 6.61 Å². The molecule has 0 radical (unpaired) electrons. The number of carbonyl (C=O) groups excluding carboxylic acids is 2. The van der Waals surface area contributed by atoms with Crippen LogP contribution in [0.25, 0.3) is 0 Å². The lowest BCUT2D eigenvalue weighted by molar-refractivity contribution is 0.0472. The summed E-state index contributed by atoms with van der Waals surface area (Å²) in [5.41, 5.74) is 1.65. The zero-order valence-electron chi connectivity index (χ0n) is 17.1. The Balaban J connectivity index is 1.57. The highest BCUT2D eigenvalue weighted by Crippen LogP contribution is 2.15. The number of hydrogen-bond donors (Lipinski definition) is 1. The van der Waals surface area contributed by atoms with Gasteiger partial charge < -0.3 is 9.64 Å². The van der Waals surface area contributed by atoms with Gasteiger partial charge in [-0.3, -0.25) is 4.79 Å². The van der Waals surface area contributed by atoms with Gasteiger partial charge in [0, 0.05) is 24.7 Å². The molecule has 8 heteroatoms. The van der Waals surface area contributed by atoms with Gasteiger partial charge in [-0.1, -0.05) is 12.1 Å². The summed E-state index contributed by atoms with van der Waals surface area (Å²) in [7, 11) is -3.61. The van der Waals surface area contributed by atoms with E-state index in [9.17, 15) is 18.0 Å². The molecule has 0 spiro atoms. The maximum atomic E-state index is 12.4. The molecule has 0 aromatic heterocycles. The van der Waals surface area contributed by atoms with Crippen LogP contribution < -0.4 is 4.72 Å². The molecule has 7 nitrogen and oxygen atoms in total. The van der Waals surface area contributed by atoms with Crippen molar-refractivity contribution in [2.24, 2.45) is 0 Å². The first-order chi connectivity index (χ1) is 14.3. The van der Waals surface area contributed by atoms with Gasteiger partial charge in [0.15, 0.2) is 0 Å². The van der Waals surface area contributed by atoms with Crippen LogP contribution in [0.1, 0.15) is 53.0 Å². The third-order valence-corrected chi connectivity index (χ3v) is 6.43. The fourth-order valence-corrected chi connectivity index (χ4v) is 4.48. The van der Waals surface area contributed by atoms with Gasteiger partial charge in [-0.05, 0) is 68.7 Å². The monoisotopic (exact) mass is 430 g/mol. The van der Waals surface area contributed by atoms with Crippen LogP contribution in [0.15, 0.2) is 53.4 Å². The highest BCUT2D eigenvalue weighted by atomic mass is 32.2. The van der Waals surface area contributed by atoms with Crippen molar-refractivity contribution in [2.45, 2.75) is 44.2 Å². The maximum Gasteiger partial charge on any atom is 0.338 e. The van der Waals surface area contributed by atoms with Gasteiger partial charge in [-0.25, -0.2) is 17.9 Å². The molecule has 0 aliphatic carbocycles. The van der Waals surface area contributed by atoms with E-state index < -0.39 is 16.0 Å². The van der Waals surface area contributed by atoms with E-state index in [2.05, 4.69) is 4.72 Å². The minimum atomic E-state index is -3.61. The number of nitrogens with zero attached hydrogens (tertiary/aromatic N) is 1. The molecular weight excluding hydrogens is 404 g/mol. The summed E-state index contributed by atoms with van der Waals surface area (Å²) in [6.45, 7) is 5.12. The van der Waals surface area contributed by atoms with Crippen molar-refractivity contribution in [3.8, 4) is 0 Å².